The van der Waals surface area contributed by atoms with Crippen molar-refractivity contribution < 1.29 is 19.1 Å². The highest BCUT2D eigenvalue weighted by Crippen LogP contribution is 2.33. The van der Waals surface area contributed by atoms with Crippen LogP contribution in [-0.2, 0) is 22.6 Å². The van der Waals surface area contributed by atoms with Crippen molar-refractivity contribution in [3.8, 4) is 11.5 Å². The van der Waals surface area contributed by atoms with E-state index >= 15 is 0 Å². The number of carbonyl (C=O) groups excluding carboxylic acids is 2. The van der Waals surface area contributed by atoms with Gasteiger partial charge in [-0.1, -0.05) is 62.1 Å². The van der Waals surface area contributed by atoms with E-state index in [4.69, 9.17) is 9.47 Å². The predicted molar refractivity (Wildman–Crippen MR) is 132 cm³/mol. The van der Waals surface area contributed by atoms with Crippen molar-refractivity contribution in [3.05, 3.63) is 59.2 Å². The van der Waals surface area contributed by atoms with Crippen molar-refractivity contribution in [2.24, 2.45) is 0 Å². The van der Waals surface area contributed by atoms with Crippen molar-refractivity contribution in [1.82, 2.24) is 10.2 Å². The quantitative estimate of drug-likeness (QED) is 0.572. The number of nitrogens with zero attached hydrogens (tertiary/aromatic N) is 1. The lowest BCUT2D eigenvalue weighted by atomic mass is 9.95. The minimum absolute atomic E-state index is 0.00943. The lowest BCUT2D eigenvalue weighted by molar-refractivity contribution is -0.141. The zero-order chi connectivity index (χ0) is 23.9. The van der Waals surface area contributed by atoms with Gasteiger partial charge in [-0.05, 0) is 55.9 Å². The van der Waals surface area contributed by atoms with Crippen LogP contribution in [-0.4, -0.2) is 35.6 Å². The third-order valence-electron chi connectivity index (χ3n) is 6.84. The summed E-state index contributed by atoms with van der Waals surface area (Å²) in [7, 11) is 0. The minimum atomic E-state index is -0.480. The first kappa shape index (κ1) is 24.1. The summed E-state index contributed by atoms with van der Waals surface area (Å²) in [6.07, 6.45) is 7.10. The molecule has 34 heavy (non-hydrogen) atoms. The molecule has 2 amide bonds. The molecular formula is C28H36N2O4. The molecule has 1 fully saturated rings. The molecule has 1 aliphatic heterocycles. The van der Waals surface area contributed by atoms with E-state index in [1.54, 1.807) is 4.90 Å². The second kappa shape index (κ2) is 11.4. The summed E-state index contributed by atoms with van der Waals surface area (Å²) < 4.78 is 10.9. The van der Waals surface area contributed by atoms with Gasteiger partial charge >= 0.3 is 0 Å². The minimum Gasteiger partial charge on any atom is -0.454 e. The maximum atomic E-state index is 13.5. The third kappa shape index (κ3) is 6.10. The molecule has 0 spiro atoms. The van der Waals surface area contributed by atoms with Gasteiger partial charge in [-0.2, -0.15) is 0 Å². The van der Waals surface area contributed by atoms with E-state index in [-0.39, 0.29) is 24.6 Å². The van der Waals surface area contributed by atoms with Crippen LogP contribution in [0.3, 0.4) is 0 Å². The van der Waals surface area contributed by atoms with E-state index in [2.05, 4.69) is 11.4 Å². The normalized spacial score (nSPS) is 16.2. The number of hydrogen-bond acceptors (Lipinski definition) is 4. The molecule has 1 atom stereocenters. The Morgan fingerprint density at radius 3 is 2.59 bits per heavy atom. The molecule has 0 saturated heterocycles. The van der Waals surface area contributed by atoms with Gasteiger partial charge in [0, 0.05) is 19.0 Å². The molecule has 6 nitrogen and oxygen atoms in total. The molecule has 1 aliphatic carbocycles. The Morgan fingerprint density at radius 1 is 1.03 bits per heavy atom. The number of aryl methyl sites for hydroxylation is 2. The van der Waals surface area contributed by atoms with Gasteiger partial charge in [0.25, 0.3) is 0 Å². The summed E-state index contributed by atoms with van der Waals surface area (Å²) >= 11 is 0. The fraction of sp³-hybridized carbons (Fsp3) is 0.500. The largest absolute Gasteiger partial charge is 0.454 e. The molecule has 0 bridgehead atoms. The standard InChI is InChI=1S/C28H36N2O4/c1-3-24(28(32)29-23-10-5-4-6-11-23)30(18-22-9-7-8-20(2)16-22)27(31)15-13-21-12-14-25-26(17-21)34-19-33-25/h7-9,12,14,16-17,23-24H,3-6,10-11,13,15,18-19H2,1-2H3,(H,29,32)/t24-/m0/s1. The zero-order valence-corrected chi connectivity index (χ0v) is 20.3. The molecule has 182 valence electrons. The molecule has 1 saturated carbocycles. The topological polar surface area (TPSA) is 67.9 Å². The number of hydrogen-bond donors (Lipinski definition) is 1. The molecule has 1 N–H and O–H groups in total. The van der Waals surface area contributed by atoms with Crippen LogP contribution in [0, 0.1) is 6.92 Å². The van der Waals surface area contributed by atoms with Gasteiger partial charge in [-0.3, -0.25) is 9.59 Å². The van der Waals surface area contributed by atoms with Crippen molar-refractivity contribution in [3.63, 3.8) is 0 Å². The molecule has 0 unspecified atom stereocenters. The first-order valence-electron chi connectivity index (χ1n) is 12.6. The number of nitrogens with one attached hydrogen (secondary N) is 1. The highest BCUT2D eigenvalue weighted by atomic mass is 16.7. The van der Waals surface area contributed by atoms with E-state index < -0.39 is 6.04 Å². The van der Waals surface area contributed by atoms with Crippen LogP contribution < -0.4 is 14.8 Å². The van der Waals surface area contributed by atoms with Gasteiger partial charge in [0.1, 0.15) is 6.04 Å². The van der Waals surface area contributed by atoms with E-state index in [0.29, 0.717) is 25.8 Å². The third-order valence-corrected chi connectivity index (χ3v) is 6.84. The molecule has 2 aromatic carbocycles. The van der Waals surface area contributed by atoms with Crippen molar-refractivity contribution in [1.29, 1.82) is 0 Å². The van der Waals surface area contributed by atoms with Crippen LogP contribution in [0.1, 0.15) is 68.6 Å². The van der Waals surface area contributed by atoms with Crippen LogP contribution in [0.15, 0.2) is 42.5 Å². The summed E-state index contributed by atoms with van der Waals surface area (Å²) in [5, 5.41) is 3.24. The Kier molecular flexibility index (Phi) is 8.09. The number of ether oxygens (including phenoxy) is 2. The Morgan fingerprint density at radius 2 is 1.82 bits per heavy atom. The maximum Gasteiger partial charge on any atom is 0.243 e. The van der Waals surface area contributed by atoms with Gasteiger partial charge in [0.2, 0.25) is 18.6 Å². The van der Waals surface area contributed by atoms with E-state index in [9.17, 15) is 9.59 Å². The number of benzene rings is 2. The first-order chi connectivity index (χ1) is 16.5. The molecule has 2 aliphatic rings. The van der Waals surface area contributed by atoms with E-state index in [1.165, 1.54) is 6.42 Å². The smallest absolute Gasteiger partial charge is 0.243 e. The Balaban J connectivity index is 1.48. The predicted octanol–water partition coefficient (Wildman–Crippen LogP) is 4.91. The van der Waals surface area contributed by atoms with Gasteiger partial charge in [0.15, 0.2) is 11.5 Å². The van der Waals surface area contributed by atoms with E-state index in [0.717, 1.165) is 53.9 Å². The average molecular weight is 465 g/mol. The average Bonchev–Trinajstić information content (AvgIpc) is 3.31. The molecular weight excluding hydrogens is 428 g/mol. The Labute approximate surface area is 202 Å². The van der Waals surface area contributed by atoms with Crippen molar-refractivity contribution in [2.45, 2.75) is 83.8 Å². The van der Waals surface area contributed by atoms with Crippen molar-refractivity contribution >= 4 is 11.8 Å². The fourth-order valence-electron chi connectivity index (χ4n) is 4.96. The van der Waals surface area contributed by atoms with Gasteiger partial charge < -0.3 is 19.7 Å². The van der Waals surface area contributed by atoms with Crippen LogP contribution in [0.25, 0.3) is 0 Å². The molecule has 6 heteroatoms. The number of fused-ring (bicyclic) bond motifs is 1. The SMILES string of the molecule is CC[C@@H](C(=O)NC1CCCCC1)N(Cc1cccc(C)c1)C(=O)CCc1ccc2c(c1)OCO2. The second-order valence-electron chi connectivity index (χ2n) is 9.47. The summed E-state index contributed by atoms with van der Waals surface area (Å²) in [6.45, 7) is 4.69. The van der Waals surface area contributed by atoms with Gasteiger partial charge in [-0.25, -0.2) is 0 Å². The summed E-state index contributed by atoms with van der Waals surface area (Å²) in [5.41, 5.74) is 3.21. The second-order valence-corrected chi connectivity index (χ2v) is 9.47. The first-order valence-corrected chi connectivity index (χ1v) is 12.6. The van der Waals surface area contributed by atoms with E-state index in [1.807, 2.05) is 50.2 Å². The van der Waals surface area contributed by atoms with Crippen molar-refractivity contribution in [2.75, 3.05) is 6.79 Å². The fourth-order valence-corrected chi connectivity index (χ4v) is 4.96. The summed E-state index contributed by atoms with van der Waals surface area (Å²) in [6, 6.07) is 13.7. The Bertz CT molecular complexity index is 1000. The molecule has 2 aromatic rings. The van der Waals surface area contributed by atoms with Crippen LogP contribution in [0.5, 0.6) is 11.5 Å². The molecule has 0 aromatic heterocycles. The Hall–Kier alpha value is -3.02. The van der Waals surface area contributed by atoms with Gasteiger partial charge in [-0.15, -0.1) is 0 Å². The lowest BCUT2D eigenvalue weighted by Crippen LogP contribution is -2.51. The zero-order valence-electron chi connectivity index (χ0n) is 20.3. The molecule has 1 heterocycles. The maximum absolute atomic E-state index is 13.5. The number of carbonyl (C=O) groups is 2. The molecule has 0 radical (unpaired) electrons. The number of rotatable bonds is 9. The van der Waals surface area contributed by atoms with Crippen LogP contribution in [0.2, 0.25) is 0 Å². The summed E-state index contributed by atoms with van der Waals surface area (Å²) in [5.74, 6) is 1.42. The lowest BCUT2D eigenvalue weighted by Gasteiger charge is -2.33. The van der Waals surface area contributed by atoms with Crippen LogP contribution in [0.4, 0.5) is 0 Å². The van der Waals surface area contributed by atoms with Crippen LogP contribution >= 0.6 is 0 Å². The van der Waals surface area contributed by atoms with Gasteiger partial charge in [0.05, 0.1) is 0 Å². The molecule has 4 rings (SSSR count). The number of amides is 2. The highest BCUT2D eigenvalue weighted by molar-refractivity contribution is 5.88. The monoisotopic (exact) mass is 464 g/mol. The summed E-state index contributed by atoms with van der Waals surface area (Å²) in [4.78, 5) is 28.6. The highest BCUT2D eigenvalue weighted by Gasteiger charge is 2.30.